The third-order valence-corrected chi connectivity index (χ3v) is 6.70. The molecule has 186 valence electrons. The smallest absolute Gasteiger partial charge is 0.253 e. The van der Waals surface area contributed by atoms with Crippen LogP contribution in [0.5, 0.6) is 0 Å². The number of amides is 1. The predicted octanol–water partition coefficient (Wildman–Crippen LogP) is 5.18. The van der Waals surface area contributed by atoms with Crippen LogP contribution < -0.4 is 5.32 Å². The van der Waals surface area contributed by atoms with E-state index in [1.807, 2.05) is 36.1 Å². The normalized spacial score (nSPS) is 15.0. The van der Waals surface area contributed by atoms with Crippen LogP contribution in [0.3, 0.4) is 0 Å². The van der Waals surface area contributed by atoms with Crippen molar-refractivity contribution in [3.63, 3.8) is 0 Å². The first-order valence-electron chi connectivity index (χ1n) is 12.2. The third kappa shape index (κ3) is 5.65. The molecule has 1 amide bonds. The van der Waals surface area contributed by atoms with E-state index >= 15 is 0 Å². The molecular formula is C26H34ClN7O. The molecule has 35 heavy (non-hydrogen) atoms. The Hall–Kier alpha value is -2.97. The average molecular weight is 496 g/mol. The second-order valence-electron chi connectivity index (χ2n) is 9.52. The number of anilines is 2. The number of hydrogen-bond donors (Lipinski definition) is 1. The second kappa shape index (κ2) is 10.7. The van der Waals surface area contributed by atoms with Crippen LogP contribution in [-0.2, 0) is 0 Å². The molecule has 0 saturated carbocycles. The van der Waals surface area contributed by atoms with Crippen LogP contribution in [0.15, 0.2) is 36.7 Å². The van der Waals surface area contributed by atoms with Crippen LogP contribution in [0.25, 0.3) is 11.4 Å². The van der Waals surface area contributed by atoms with Crippen molar-refractivity contribution in [2.75, 3.05) is 31.5 Å². The summed E-state index contributed by atoms with van der Waals surface area (Å²) in [6.45, 7) is 14.1. The van der Waals surface area contributed by atoms with Crippen LogP contribution in [-0.4, -0.2) is 67.4 Å². The highest BCUT2D eigenvalue weighted by atomic mass is 35.5. The highest BCUT2D eigenvalue weighted by molar-refractivity contribution is 6.32. The fraction of sp³-hybridized carbons (Fsp3) is 0.462. The van der Waals surface area contributed by atoms with Gasteiger partial charge >= 0.3 is 0 Å². The fourth-order valence-corrected chi connectivity index (χ4v) is 4.74. The van der Waals surface area contributed by atoms with E-state index in [9.17, 15) is 4.79 Å². The quantitative estimate of drug-likeness (QED) is 0.507. The van der Waals surface area contributed by atoms with Gasteiger partial charge in [-0.25, -0.2) is 15.0 Å². The summed E-state index contributed by atoms with van der Waals surface area (Å²) in [6, 6.07) is 8.18. The molecule has 1 saturated heterocycles. The molecule has 0 aliphatic carbocycles. The lowest BCUT2D eigenvalue weighted by molar-refractivity contribution is 0.0759. The number of carbonyl (C=O) groups is 1. The summed E-state index contributed by atoms with van der Waals surface area (Å²) >= 11 is 6.45. The number of carbonyl (C=O) groups excluding carboxylic acids is 1. The molecule has 3 aromatic rings. The molecule has 0 spiro atoms. The zero-order valence-electron chi connectivity index (χ0n) is 21.1. The molecular weight excluding hydrogens is 462 g/mol. The Morgan fingerprint density at radius 2 is 1.71 bits per heavy atom. The molecule has 2 aromatic heterocycles. The fourth-order valence-electron chi connectivity index (χ4n) is 4.55. The van der Waals surface area contributed by atoms with Crippen molar-refractivity contribution in [3.05, 3.63) is 53.1 Å². The SMILES string of the molecule is Cc1ncc(-c2nc(Nc3ccc(C(=O)N4CCCN(C(C)C)CC4)cc3)ncc2Cl)n1C(C)C. The topological polar surface area (TPSA) is 79.2 Å². The second-order valence-corrected chi connectivity index (χ2v) is 9.93. The lowest BCUT2D eigenvalue weighted by Crippen LogP contribution is -2.37. The summed E-state index contributed by atoms with van der Waals surface area (Å²) in [6.07, 6.45) is 4.38. The maximum Gasteiger partial charge on any atom is 0.253 e. The Bertz CT molecular complexity index is 1170. The van der Waals surface area contributed by atoms with E-state index < -0.39 is 0 Å². The van der Waals surface area contributed by atoms with Crippen molar-refractivity contribution in [1.82, 2.24) is 29.3 Å². The summed E-state index contributed by atoms with van der Waals surface area (Å²) in [5.41, 5.74) is 2.96. The summed E-state index contributed by atoms with van der Waals surface area (Å²) in [7, 11) is 0. The minimum atomic E-state index is 0.0736. The number of imidazole rings is 1. The van der Waals surface area contributed by atoms with Gasteiger partial charge in [0.2, 0.25) is 5.95 Å². The Morgan fingerprint density at radius 3 is 2.40 bits per heavy atom. The van der Waals surface area contributed by atoms with Crippen LogP contribution in [0, 0.1) is 6.92 Å². The van der Waals surface area contributed by atoms with Crippen molar-refractivity contribution in [2.24, 2.45) is 0 Å². The van der Waals surface area contributed by atoms with E-state index in [1.54, 1.807) is 12.4 Å². The maximum atomic E-state index is 13.1. The zero-order chi connectivity index (χ0) is 25.1. The van der Waals surface area contributed by atoms with Crippen LogP contribution in [0.1, 0.15) is 56.3 Å². The van der Waals surface area contributed by atoms with Gasteiger partial charge in [-0.2, -0.15) is 0 Å². The molecule has 1 fully saturated rings. The van der Waals surface area contributed by atoms with E-state index in [4.69, 9.17) is 11.6 Å². The van der Waals surface area contributed by atoms with Crippen LogP contribution in [0.2, 0.25) is 5.02 Å². The van der Waals surface area contributed by atoms with Gasteiger partial charge in [-0.3, -0.25) is 9.69 Å². The molecule has 1 aliphatic heterocycles. The van der Waals surface area contributed by atoms with Gasteiger partial charge in [-0.1, -0.05) is 11.6 Å². The first-order chi connectivity index (χ1) is 16.7. The molecule has 4 rings (SSSR count). The van der Waals surface area contributed by atoms with Crippen molar-refractivity contribution < 1.29 is 4.79 Å². The van der Waals surface area contributed by atoms with E-state index in [0.29, 0.717) is 28.3 Å². The Balaban J connectivity index is 1.48. The molecule has 9 heteroatoms. The summed E-state index contributed by atoms with van der Waals surface area (Å²) in [5, 5.41) is 3.69. The summed E-state index contributed by atoms with van der Waals surface area (Å²) < 4.78 is 2.10. The van der Waals surface area contributed by atoms with Gasteiger partial charge in [0.1, 0.15) is 11.5 Å². The van der Waals surface area contributed by atoms with Gasteiger partial charge in [0.05, 0.1) is 23.1 Å². The van der Waals surface area contributed by atoms with Crippen molar-refractivity contribution in [1.29, 1.82) is 0 Å². The van der Waals surface area contributed by atoms with Crippen LogP contribution in [0.4, 0.5) is 11.6 Å². The molecule has 3 heterocycles. The van der Waals surface area contributed by atoms with Gasteiger partial charge in [-0.15, -0.1) is 0 Å². The van der Waals surface area contributed by atoms with Gasteiger partial charge < -0.3 is 14.8 Å². The van der Waals surface area contributed by atoms with Gasteiger partial charge in [0.25, 0.3) is 5.91 Å². The standard InChI is InChI=1S/C26H34ClN7O/c1-17(2)32-11-6-12-33(14-13-32)25(35)20-7-9-21(10-8-20)30-26-29-15-22(27)24(31-26)23-16-28-19(5)34(23)18(3)4/h7-10,15-18H,6,11-14H2,1-5H3,(H,29,30,31). The van der Waals surface area contributed by atoms with E-state index in [-0.39, 0.29) is 11.9 Å². The minimum Gasteiger partial charge on any atom is -0.337 e. The number of hydrogen-bond acceptors (Lipinski definition) is 6. The maximum absolute atomic E-state index is 13.1. The van der Waals surface area contributed by atoms with Crippen molar-refractivity contribution >= 4 is 29.1 Å². The largest absolute Gasteiger partial charge is 0.337 e. The molecule has 1 aromatic carbocycles. The number of benzene rings is 1. The lowest BCUT2D eigenvalue weighted by atomic mass is 10.1. The summed E-state index contributed by atoms with van der Waals surface area (Å²) in [5.74, 6) is 1.41. The molecule has 1 N–H and O–H groups in total. The average Bonchev–Trinajstić information content (AvgIpc) is 3.05. The molecule has 0 unspecified atom stereocenters. The lowest BCUT2D eigenvalue weighted by Gasteiger charge is -2.25. The predicted molar refractivity (Wildman–Crippen MR) is 140 cm³/mol. The highest BCUT2D eigenvalue weighted by Crippen LogP contribution is 2.30. The Kier molecular flexibility index (Phi) is 7.72. The van der Waals surface area contributed by atoms with Crippen molar-refractivity contribution in [2.45, 2.75) is 53.1 Å². The molecule has 0 radical (unpaired) electrons. The zero-order valence-corrected chi connectivity index (χ0v) is 21.9. The number of aryl methyl sites for hydroxylation is 1. The first kappa shape index (κ1) is 25.1. The van der Waals surface area contributed by atoms with E-state index in [2.05, 4.69) is 57.4 Å². The Labute approximate surface area is 212 Å². The Morgan fingerprint density at radius 1 is 0.971 bits per heavy atom. The van der Waals surface area contributed by atoms with E-state index in [1.165, 1.54) is 0 Å². The molecule has 8 nitrogen and oxygen atoms in total. The van der Waals surface area contributed by atoms with Gasteiger partial charge in [-0.05, 0) is 65.3 Å². The van der Waals surface area contributed by atoms with Crippen LogP contribution >= 0.6 is 11.6 Å². The number of nitrogens with one attached hydrogen (secondary N) is 1. The first-order valence-corrected chi connectivity index (χ1v) is 12.6. The van der Waals surface area contributed by atoms with Gasteiger partial charge in [0, 0.05) is 49.5 Å². The van der Waals surface area contributed by atoms with Gasteiger partial charge in [0.15, 0.2) is 0 Å². The van der Waals surface area contributed by atoms with Crippen molar-refractivity contribution in [3.8, 4) is 11.4 Å². The molecule has 0 bridgehead atoms. The number of halogens is 1. The highest BCUT2D eigenvalue weighted by Gasteiger charge is 2.21. The number of aromatic nitrogens is 4. The number of nitrogens with zero attached hydrogens (tertiary/aromatic N) is 6. The molecule has 0 atom stereocenters. The third-order valence-electron chi connectivity index (χ3n) is 6.42. The summed E-state index contributed by atoms with van der Waals surface area (Å²) in [4.78, 5) is 30.9. The minimum absolute atomic E-state index is 0.0736. The van der Waals surface area contributed by atoms with E-state index in [0.717, 1.165) is 49.8 Å². The molecule has 1 aliphatic rings. The number of rotatable bonds is 6. The monoisotopic (exact) mass is 495 g/mol.